The molecule has 6 heteroatoms. The van der Waals surface area contributed by atoms with Crippen LogP contribution < -0.4 is 10.1 Å². The Morgan fingerprint density at radius 3 is 2.89 bits per heavy atom. The van der Waals surface area contributed by atoms with Gasteiger partial charge in [-0.15, -0.1) is 0 Å². The Morgan fingerprint density at radius 1 is 1.36 bits per heavy atom. The number of carbonyl (C=O) groups excluding carboxylic acids is 2. The van der Waals surface area contributed by atoms with E-state index < -0.39 is 5.41 Å². The molecule has 4 unspecified atom stereocenters. The minimum absolute atomic E-state index is 0.00855. The van der Waals surface area contributed by atoms with Crippen molar-refractivity contribution < 1.29 is 19.1 Å². The van der Waals surface area contributed by atoms with Crippen LogP contribution in [0.1, 0.15) is 25.3 Å². The predicted molar refractivity (Wildman–Crippen MR) is 104 cm³/mol. The third-order valence-electron chi connectivity index (χ3n) is 7.06. The minimum atomic E-state index is -0.401. The van der Waals surface area contributed by atoms with Gasteiger partial charge in [-0.05, 0) is 30.5 Å². The van der Waals surface area contributed by atoms with Gasteiger partial charge < -0.3 is 19.7 Å². The molecule has 1 aromatic carbocycles. The van der Waals surface area contributed by atoms with E-state index in [2.05, 4.69) is 18.3 Å². The van der Waals surface area contributed by atoms with E-state index in [1.807, 2.05) is 23.1 Å². The molecule has 1 aliphatic carbocycles. The summed E-state index contributed by atoms with van der Waals surface area (Å²) in [4.78, 5) is 27.6. The number of fused-ring (bicyclic) bond motifs is 1. The Morgan fingerprint density at radius 2 is 2.18 bits per heavy atom. The number of benzene rings is 1. The number of nitrogens with one attached hydrogen (secondary N) is 1. The molecule has 6 nitrogen and oxygen atoms in total. The molecule has 1 N–H and O–H groups in total. The number of hydrogen-bond acceptors (Lipinski definition) is 5. The normalized spacial score (nSPS) is 31.9. The van der Waals surface area contributed by atoms with Crippen molar-refractivity contribution in [2.45, 2.75) is 31.2 Å². The van der Waals surface area contributed by atoms with Gasteiger partial charge in [-0.2, -0.15) is 0 Å². The van der Waals surface area contributed by atoms with Crippen molar-refractivity contribution in [3.8, 4) is 5.75 Å². The fraction of sp³-hybridized carbons (Fsp3) is 0.455. The average Bonchev–Trinajstić information content (AvgIpc) is 3.28. The molecule has 1 amide bonds. The largest absolute Gasteiger partial charge is 0.497 e. The predicted octanol–water partition coefficient (Wildman–Crippen LogP) is 2.61. The molecule has 146 valence electrons. The molecule has 3 heterocycles. The van der Waals surface area contributed by atoms with Crippen LogP contribution >= 0.6 is 0 Å². The molecule has 1 aromatic rings. The highest BCUT2D eigenvalue weighted by molar-refractivity contribution is 5.96. The quantitative estimate of drug-likeness (QED) is 0.817. The summed E-state index contributed by atoms with van der Waals surface area (Å²) in [5, 5.41) is 3.54. The number of amides is 1. The van der Waals surface area contributed by atoms with Gasteiger partial charge >= 0.3 is 5.97 Å². The van der Waals surface area contributed by atoms with E-state index in [0.29, 0.717) is 6.54 Å². The topological polar surface area (TPSA) is 67.9 Å². The Hall–Kier alpha value is -2.76. The van der Waals surface area contributed by atoms with E-state index >= 15 is 0 Å². The van der Waals surface area contributed by atoms with Crippen LogP contribution in [-0.4, -0.2) is 43.6 Å². The summed E-state index contributed by atoms with van der Waals surface area (Å²) in [6, 6.07) is 6.03. The first-order chi connectivity index (χ1) is 13.6. The first-order valence-electron chi connectivity index (χ1n) is 9.84. The molecular weight excluding hydrogens is 356 g/mol. The van der Waals surface area contributed by atoms with Crippen molar-refractivity contribution in [3.05, 3.63) is 47.2 Å². The number of carbonyl (C=O) groups is 2. The van der Waals surface area contributed by atoms with Gasteiger partial charge in [0.05, 0.1) is 31.2 Å². The monoisotopic (exact) mass is 380 g/mol. The maximum absolute atomic E-state index is 12.9. The molecule has 4 aliphatic rings. The van der Waals surface area contributed by atoms with Crippen molar-refractivity contribution in [3.63, 3.8) is 0 Å². The van der Waals surface area contributed by atoms with Gasteiger partial charge in [0.25, 0.3) is 0 Å². The summed E-state index contributed by atoms with van der Waals surface area (Å²) >= 11 is 0. The second-order valence-corrected chi connectivity index (χ2v) is 7.97. The van der Waals surface area contributed by atoms with Crippen LogP contribution in [0.15, 0.2) is 41.6 Å². The fourth-order valence-corrected chi connectivity index (χ4v) is 6.00. The number of ether oxygens (including phenoxy) is 2. The Bertz CT molecular complexity index is 950. The van der Waals surface area contributed by atoms with Crippen molar-refractivity contribution >= 4 is 17.6 Å². The summed E-state index contributed by atoms with van der Waals surface area (Å²) in [6.07, 6.45) is 5.30. The molecule has 4 atom stereocenters. The summed E-state index contributed by atoms with van der Waals surface area (Å²) in [5.74, 6) is 0.651. The van der Waals surface area contributed by atoms with Gasteiger partial charge in [-0.1, -0.05) is 19.1 Å². The molecule has 0 saturated carbocycles. The van der Waals surface area contributed by atoms with Gasteiger partial charge in [-0.3, -0.25) is 4.79 Å². The number of anilines is 1. The number of hydrogen-bond donors (Lipinski definition) is 1. The highest BCUT2D eigenvalue weighted by atomic mass is 16.5. The molecule has 1 spiro atoms. The fourth-order valence-electron chi connectivity index (χ4n) is 6.00. The first kappa shape index (κ1) is 17.3. The lowest BCUT2D eigenvalue weighted by Crippen LogP contribution is -2.56. The number of methoxy groups -OCH3 is 2. The number of nitrogens with zero attached hydrogens (tertiary/aromatic N) is 1. The Labute approximate surface area is 164 Å². The molecule has 0 aromatic heterocycles. The average molecular weight is 380 g/mol. The SMILES string of the molecule is CCC1C(C(=O)OC)=C2Nc3cc(OC)ccc3C23CCN2C(=O)C=CC1C23. The lowest BCUT2D eigenvalue weighted by atomic mass is 9.58. The molecular formula is C22H24N2O4. The first-order valence-corrected chi connectivity index (χ1v) is 9.84. The van der Waals surface area contributed by atoms with Crippen LogP contribution in [0.5, 0.6) is 5.75 Å². The molecule has 28 heavy (non-hydrogen) atoms. The zero-order chi connectivity index (χ0) is 19.6. The van der Waals surface area contributed by atoms with Crippen LogP contribution in [0, 0.1) is 11.8 Å². The van der Waals surface area contributed by atoms with Crippen LogP contribution in [0.3, 0.4) is 0 Å². The molecule has 1 fully saturated rings. The standard InChI is InChI=1S/C22H24N2O4/c1-4-13-14-6-8-17(25)24-10-9-22(20(14)24)15-7-5-12(27-2)11-16(15)23-19(22)18(13)21(26)28-3/h5-8,11,13-14,20,23H,4,9-10H2,1-3H3. The maximum Gasteiger partial charge on any atom is 0.335 e. The smallest absolute Gasteiger partial charge is 0.335 e. The van der Waals surface area contributed by atoms with Crippen molar-refractivity contribution in [1.29, 1.82) is 0 Å². The highest BCUT2D eigenvalue weighted by Crippen LogP contribution is 2.61. The van der Waals surface area contributed by atoms with Crippen molar-refractivity contribution in [1.82, 2.24) is 4.90 Å². The van der Waals surface area contributed by atoms with Gasteiger partial charge in [0.15, 0.2) is 0 Å². The molecule has 0 bridgehead atoms. The van der Waals surface area contributed by atoms with Crippen molar-refractivity contribution in [2.75, 3.05) is 26.1 Å². The molecule has 0 radical (unpaired) electrons. The summed E-state index contributed by atoms with van der Waals surface area (Å²) in [6.45, 7) is 2.78. The summed E-state index contributed by atoms with van der Waals surface area (Å²) < 4.78 is 10.6. The van der Waals surface area contributed by atoms with E-state index in [4.69, 9.17) is 9.47 Å². The van der Waals surface area contributed by atoms with E-state index in [9.17, 15) is 9.59 Å². The molecule has 5 rings (SSSR count). The highest BCUT2D eigenvalue weighted by Gasteiger charge is 2.64. The van der Waals surface area contributed by atoms with Gasteiger partial charge in [0, 0.05) is 35.8 Å². The van der Waals surface area contributed by atoms with E-state index in [0.717, 1.165) is 41.1 Å². The second kappa shape index (κ2) is 5.87. The van der Waals surface area contributed by atoms with Crippen LogP contribution in [0.4, 0.5) is 5.69 Å². The minimum Gasteiger partial charge on any atom is -0.497 e. The second-order valence-electron chi connectivity index (χ2n) is 7.97. The van der Waals surface area contributed by atoms with Crippen LogP contribution in [0.2, 0.25) is 0 Å². The Kier molecular flexibility index (Phi) is 3.63. The number of esters is 1. The third kappa shape index (κ3) is 1.93. The lowest BCUT2D eigenvalue weighted by Gasteiger charge is -2.49. The Balaban J connectivity index is 1.81. The zero-order valence-corrected chi connectivity index (χ0v) is 16.3. The third-order valence-corrected chi connectivity index (χ3v) is 7.06. The van der Waals surface area contributed by atoms with Crippen molar-refractivity contribution in [2.24, 2.45) is 11.8 Å². The summed E-state index contributed by atoms with van der Waals surface area (Å²) in [5.41, 5.74) is 3.33. The number of rotatable bonds is 3. The molecule has 1 saturated heterocycles. The summed E-state index contributed by atoms with van der Waals surface area (Å²) in [7, 11) is 3.08. The van der Waals surface area contributed by atoms with E-state index in [1.165, 1.54) is 7.11 Å². The van der Waals surface area contributed by atoms with Gasteiger partial charge in [0.1, 0.15) is 5.75 Å². The maximum atomic E-state index is 12.9. The van der Waals surface area contributed by atoms with Crippen LogP contribution in [-0.2, 0) is 19.7 Å². The zero-order valence-electron chi connectivity index (χ0n) is 16.3. The molecule has 3 aliphatic heterocycles. The van der Waals surface area contributed by atoms with Gasteiger partial charge in [-0.25, -0.2) is 4.79 Å². The lowest BCUT2D eigenvalue weighted by molar-refractivity contribution is -0.137. The van der Waals surface area contributed by atoms with Crippen LogP contribution in [0.25, 0.3) is 0 Å². The van der Waals surface area contributed by atoms with Gasteiger partial charge in [0.2, 0.25) is 5.91 Å². The van der Waals surface area contributed by atoms with E-state index in [-0.39, 0.29) is 29.8 Å². The van der Waals surface area contributed by atoms with E-state index in [1.54, 1.807) is 13.2 Å².